The smallest absolute Gasteiger partial charge is 0.324 e. The first-order valence-corrected chi connectivity index (χ1v) is 17.9. The molecule has 2 aromatic rings. The Morgan fingerprint density at radius 3 is 1.72 bits per heavy atom. The Balaban J connectivity index is 2.19. The number of nitrogens with one attached hydrogen (secondary N) is 6. The molecule has 0 spiro atoms. The normalized spacial score (nSPS) is 13.7. The third-order valence-electron chi connectivity index (χ3n) is 8.18. The molecule has 0 heterocycles. The monoisotopic (exact) mass is 753 g/mol. The van der Waals surface area contributed by atoms with Crippen LogP contribution in [0.15, 0.2) is 60.7 Å². The second-order valence-electron chi connectivity index (χ2n) is 13.2. The largest absolute Gasteiger partial charge is 0.371 e. The van der Waals surface area contributed by atoms with Gasteiger partial charge in [0.2, 0.25) is 35.4 Å². The van der Waals surface area contributed by atoms with E-state index < -0.39 is 78.2 Å². The molecule has 2 aromatic carbocycles. The molecule has 54 heavy (non-hydrogen) atoms. The van der Waals surface area contributed by atoms with Crippen LogP contribution in [0.2, 0.25) is 0 Å². The molecule has 0 aromatic heterocycles. The maximum atomic E-state index is 13.8. The summed E-state index contributed by atoms with van der Waals surface area (Å²) in [7, 11) is 1.39. The fourth-order valence-corrected chi connectivity index (χ4v) is 5.36. The van der Waals surface area contributed by atoms with Gasteiger partial charge in [0.05, 0.1) is 12.6 Å². The second kappa shape index (κ2) is 24.0. The molecule has 2 rings (SSSR count). The molecule has 17 heteroatoms. The molecule has 5 atom stereocenters. The summed E-state index contributed by atoms with van der Waals surface area (Å²) in [6.07, 6.45) is 0.827. The minimum absolute atomic E-state index is 0.0524. The molecular formula is C37H55N9O8. The molecule has 6 amide bonds. The summed E-state index contributed by atoms with van der Waals surface area (Å²) in [5.74, 6) is -4.93. The van der Waals surface area contributed by atoms with Gasteiger partial charge in [-0.1, -0.05) is 74.5 Å². The second-order valence-corrected chi connectivity index (χ2v) is 13.2. The number of carbonyl (C=O) groups excluding carboxylic acids is 7. The Hall–Kier alpha value is -5.39. The predicted octanol–water partition coefficient (Wildman–Crippen LogP) is -1.42. The highest BCUT2D eigenvalue weighted by molar-refractivity contribution is 5.95. The Labute approximate surface area is 315 Å². The van der Waals surface area contributed by atoms with Gasteiger partial charge < -0.3 is 48.6 Å². The fraction of sp³-hybridized carbons (Fsp3) is 0.486. The van der Waals surface area contributed by atoms with E-state index in [4.69, 9.17) is 17.2 Å². The topological polar surface area (TPSA) is 279 Å². The highest BCUT2D eigenvalue weighted by Gasteiger charge is 2.30. The van der Waals surface area contributed by atoms with Crippen LogP contribution in [-0.4, -0.2) is 91.8 Å². The zero-order valence-corrected chi connectivity index (χ0v) is 31.1. The van der Waals surface area contributed by atoms with Crippen molar-refractivity contribution >= 4 is 41.4 Å². The van der Waals surface area contributed by atoms with Crippen molar-refractivity contribution in [2.45, 2.75) is 89.0 Å². The summed E-state index contributed by atoms with van der Waals surface area (Å²) in [4.78, 5) is 95.0. The molecular weight excluding hydrogens is 698 g/mol. The van der Waals surface area contributed by atoms with Gasteiger partial charge in [-0.3, -0.25) is 33.6 Å². The van der Waals surface area contributed by atoms with Crippen LogP contribution in [-0.2, 0) is 51.2 Å². The van der Waals surface area contributed by atoms with Gasteiger partial charge in [0.25, 0.3) is 0 Å². The van der Waals surface area contributed by atoms with E-state index >= 15 is 0 Å². The van der Waals surface area contributed by atoms with Crippen LogP contribution >= 0.6 is 0 Å². The summed E-state index contributed by atoms with van der Waals surface area (Å²) >= 11 is 0. The van der Waals surface area contributed by atoms with Gasteiger partial charge in [-0.05, 0) is 49.3 Å². The van der Waals surface area contributed by atoms with Gasteiger partial charge in [-0.15, -0.1) is 0 Å². The zero-order valence-electron chi connectivity index (χ0n) is 31.1. The number of hydroxylamine groups is 1. The standard InChI is InChI=1S/C37H55N9O8/c1-23(2)19-28(36(52)44-27(33(40)49)16-17-32(48)54-41-3)43-31(47)22-42-35(51)29(20-24-11-6-4-7-12-24)46-37(53)30(21-25-13-8-5-9-14-25)45-34(50)26(39)15-10-18-38/h4-9,11-14,23,26-30,41H,10,15-22,38-39H2,1-3H3,(H2,40,49)(H,42,51)(H,43,47)(H,44,52)(H,45,50)(H,46,53)/t26-,27-,28-,29-,30-/m0/s1. The molecule has 0 aliphatic heterocycles. The minimum atomic E-state index is -1.22. The van der Waals surface area contributed by atoms with E-state index in [-0.39, 0.29) is 38.0 Å². The van der Waals surface area contributed by atoms with Gasteiger partial charge >= 0.3 is 5.97 Å². The van der Waals surface area contributed by atoms with Crippen molar-refractivity contribution in [3.63, 3.8) is 0 Å². The number of carbonyl (C=O) groups is 7. The fourth-order valence-electron chi connectivity index (χ4n) is 5.36. The Kier molecular flexibility index (Phi) is 19.9. The molecule has 0 saturated carbocycles. The lowest BCUT2D eigenvalue weighted by molar-refractivity contribution is -0.150. The lowest BCUT2D eigenvalue weighted by Crippen LogP contribution is -2.58. The lowest BCUT2D eigenvalue weighted by Gasteiger charge is -2.25. The van der Waals surface area contributed by atoms with Gasteiger partial charge in [0.1, 0.15) is 24.2 Å². The van der Waals surface area contributed by atoms with Crippen molar-refractivity contribution in [3.05, 3.63) is 71.8 Å². The molecule has 0 fully saturated rings. The lowest BCUT2D eigenvalue weighted by atomic mass is 10.0. The molecule has 0 unspecified atom stereocenters. The SMILES string of the molecule is CNOC(=O)CC[C@H](NC(=O)[C@H](CC(C)C)NC(=O)CNC(=O)[C@H](Cc1ccccc1)NC(=O)[C@H](Cc1ccccc1)NC(=O)[C@@H](N)CCCN)C(N)=O. The van der Waals surface area contributed by atoms with E-state index in [1.54, 1.807) is 54.6 Å². The van der Waals surface area contributed by atoms with Gasteiger partial charge in [0, 0.05) is 26.3 Å². The minimum Gasteiger partial charge on any atom is -0.371 e. The number of hydrogen-bond donors (Lipinski definition) is 9. The number of rotatable bonds is 24. The summed E-state index contributed by atoms with van der Waals surface area (Å²) in [6, 6.07) is 12.4. The number of hydrogen-bond acceptors (Lipinski definition) is 11. The van der Waals surface area contributed by atoms with Crippen molar-refractivity contribution < 1.29 is 38.4 Å². The summed E-state index contributed by atoms with van der Waals surface area (Å²) < 4.78 is 0. The molecule has 0 radical (unpaired) electrons. The average molecular weight is 754 g/mol. The molecule has 0 saturated heterocycles. The summed E-state index contributed by atoms with van der Waals surface area (Å²) in [5, 5.41) is 13.0. The molecule has 0 bridgehead atoms. The predicted molar refractivity (Wildman–Crippen MR) is 200 cm³/mol. The van der Waals surface area contributed by atoms with E-state index in [9.17, 15) is 33.6 Å². The quantitative estimate of drug-likeness (QED) is 0.0561. The van der Waals surface area contributed by atoms with E-state index in [0.717, 1.165) is 5.56 Å². The zero-order chi connectivity index (χ0) is 40.0. The first-order valence-electron chi connectivity index (χ1n) is 17.9. The van der Waals surface area contributed by atoms with Gasteiger partial charge in [-0.25, -0.2) is 0 Å². The van der Waals surface area contributed by atoms with E-state index in [0.29, 0.717) is 24.9 Å². The molecule has 0 aliphatic rings. The number of nitrogens with two attached hydrogens (primary N) is 3. The highest BCUT2D eigenvalue weighted by Crippen LogP contribution is 2.09. The van der Waals surface area contributed by atoms with Crippen LogP contribution in [0.1, 0.15) is 57.1 Å². The molecule has 17 nitrogen and oxygen atoms in total. The van der Waals surface area contributed by atoms with Crippen molar-refractivity contribution in [1.82, 2.24) is 32.1 Å². The Morgan fingerprint density at radius 2 is 1.20 bits per heavy atom. The number of benzene rings is 2. The molecule has 296 valence electrons. The van der Waals surface area contributed by atoms with Crippen LogP contribution in [0.3, 0.4) is 0 Å². The maximum Gasteiger partial charge on any atom is 0.324 e. The van der Waals surface area contributed by atoms with E-state index in [1.165, 1.54) is 7.05 Å². The first kappa shape index (κ1) is 44.8. The third kappa shape index (κ3) is 17.0. The van der Waals surface area contributed by atoms with Crippen LogP contribution < -0.4 is 49.3 Å². The van der Waals surface area contributed by atoms with Crippen LogP contribution in [0.4, 0.5) is 0 Å². The van der Waals surface area contributed by atoms with E-state index in [2.05, 4.69) is 36.9 Å². The first-order chi connectivity index (χ1) is 25.7. The number of primary amides is 1. The van der Waals surface area contributed by atoms with E-state index in [1.807, 2.05) is 19.9 Å². The molecule has 12 N–H and O–H groups in total. The Bertz CT molecular complexity index is 1530. The highest BCUT2D eigenvalue weighted by atomic mass is 16.7. The summed E-state index contributed by atoms with van der Waals surface area (Å²) in [5.41, 5.74) is 20.8. The van der Waals surface area contributed by atoms with Crippen molar-refractivity contribution in [1.29, 1.82) is 0 Å². The third-order valence-corrected chi connectivity index (χ3v) is 8.18. The van der Waals surface area contributed by atoms with Crippen LogP contribution in [0.5, 0.6) is 0 Å². The van der Waals surface area contributed by atoms with Crippen LogP contribution in [0.25, 0.3) is 0 Å². The molecule has 0 aliphatic carbocycles. The Morgan fingerprint density at radius 1 is 0.685 bits per heavy atom. The number of amides is 6. The van der Waals surface area contributed by atoms with Crippen LogP contribution in [0, 0.1) is 5.92 Å². The van der Waals surface area contributed by atoms with Crippen molar-refractivity contribution in [2.24, 2.45) is 23.1 Å². The maximum absolute atomic E-state index is 13.8. The average Bonchev–Trinajstić information content (AvgIpc) is 3.14. The van der Waals surface area contributed by atoms with Crippen molar-refractivity contribution in [3.8, 4) is 0 Å². The van der Waals surface area contributed by atoms with Gasteiger partial charge in [0.15, 0.2) is 0 Å². The van der Waals surface area contributed by atoms with Gasteiger partial charge in [-0.2, -0.15) is 5.48 Å². The summed E-state index contributed by atoms with van der Waals surface area (Å²) in [6.45, 7) is 3.44. The van der Waals surface area contributed by atoms with Crippen molar-refractivity contribution in [2.75, 3.05) is 20.1 Å².